The molecule has 3 saturated carbocycles. The molecule has 20 heteroatoms. The van der Waals surface area contributed by atoms with Gasteiger partial charge in [-0.2, -0.15) is 26.3 Å². The summed E-state index contributed by atoms with van der Waals surface area (Å²) in [5.41, 5.74) is 16.8. The molecule has 360 valence electrons. The number of guanidine groups is 1. The van der Waals surface area contributed by atoms with Crippen molar-refractivity contribution in [3.05, 3.63) is 11.6 Å². The van der Waals surface area contributed by atoms with Crippen molar-refractivity contribution in [1.82, 2.24) is 5.32 Å². The highest BCUT2D eigenvalue weighted by Gasteiger charge is 2.68. The van der Waals surface area contributed by atoms with Crippen LogP contribution < -0.4 is 37.7 Å². The maximum absolute atomic E-state index is 12.8. The van der Waals surface area contributed by atoms with E-state index < -0.39 is 24.3 Å². The van der Waals surface area contributed by atoms with Gasteiger partial charge in [0.1, 0.15) is 18.0 Å². The number of allylic oxidation sites excluding steroid dienone is 1. The molecule has 5 fully saturated rings. The largest absolute Gasteiger partial charge is 0.542 e. The van der Waals surface area contributed by atoms with Crippen LogP contribution in [0.1, 0.15) is 124 Å². The average Bonchev–Trinajstić information content (AvgIpc) is 3.64. The van der Waals surface area contributed by atoms with Crippen LogP contribution in [0.15, 0.2) is 11.6 Å². The molecule has 1 amide bonds. The monoisotopic (exact) mass is 911 g/mol. The Morgan fingerprint density at radius 2 is 1.60 bits per heavy atom. The van der Waals surface area contributed by atoms with Crippen LogP contribution >= 0.6 is 0 Å². The maximum atomic E-state index is 12.8. The molecule has 6 aliphatic rings. The van der Waals surface area contributed by atoms with Crippen molar-refractivity contribution < 1.29 is 80.7 Å². The van der Waals surface area contributed by atoms with Crippen molar-refractivity contribution in [3.63, 3.8) is 0 Å². The molecule has 0 unspecified atom stereocenters. The van der Waals surface area contributed by atoms with E-state index in [9.17, 15) is 35.9 Å². The molecule has 4 aliphatic carbocycles. The summed E-state index contributed by atoms with van der Waals surface area (Å²) in [5, 5.41) is 20.5. The lowest BCUT2D eigenvalue weighted by molar-refractivity contribution is -0.463. The number of amides is 1. The van der Waals surface area contributed by atoms with Crippen LogP contribution in [0.4, 0.5) is 26.3 Å². The van der Waals surface area contributed by atoms with Crippen LogP contribution in [0.25, 0.3) is 0 Å². The van der Waals surface area contributed by atoms with Crippen LogP contribution in [-0.4, -0.2) is 85.9 Å². The Morgan fingerprint density at radius 1 is 0.952 bits per heavy atom. The normalized spacial score (nSPS) is 34.7. The molecule has 6 rings (SSSR count). The number of esters is 1. The molecule has 0 aromatic rings. The third-order valence-electron chi connectivity index (χ3n) is 14.9. The number of carbonyl (C=O) groups excluding carboxylic acids is 4. The van der Waals surface area contributed by atoms with E-state index in [4.69, 9.17) is 45.5 Å². The number of carbonyl (C=O) groups is 4. The Balaban J connectivity index is 0.000000537. The minimum atomic E-state index is -5.19. The van der Waals surface area contributed by atoms with Gasteiger partial charge < -0.3 is 45.1 Å². The fraction of sp³-hybridized carbons (Fsp3) is 0.837. The van der Waals surface area contributed by atoms with Crippen molar-refractivity contribution in [2.24, 2.45) is 57.8 Å². The van der Waals surface area contributed by atoms with Gasteiger partial charge in [0.2, 0.25) is 0 Å². The molecule has 0 bridgehead atoms. The molecule has 14 nitrogen and oxygen atoms in total. The number of alkyl halides is 6. The molecule has 0 aromatic heterocycles. The summed E-state index contributed by atoms with van der Waals surface area (Å²) in [6, 6.07) is -0.300. The number of carboxylic acids is 2. The highest BCUT2D eigenvalue weighted by atomic mass is 19.4. The maximum Gasteiger partial charge on any atom is 0.430 e. The highest BCUT2D eigenvalue weighted by molar-refractivity contribution is 5.80. The van der Waals surface area contributed by atoms with E-state index in [1.54, 1.807) is 5.57 Å². The lowest BCUT2D eigenvalue weighted by Gasteiger charge is -2.58. The van der Waals surface area contributed by atoms with E-state index in [0.29, 0.717) is 67.0 Å². The first-order chi connectivity index (χ1) is 29.2. The van der Waals surface area contributed by atoms with Crippen LogP contribution in [0.2, 0.25) is 0 Å². The summed E-state index contributed by atoms with van der Waals surface area (Å²) in [7, 11) is 0. The summed E-state index contributed by atoms with van der Waals surface area (Å²) in [6.07, 6.45) is 7.04. The van der Waals surface area contributed by atoms with Gasteiger partial charge in [0.05, 0.1) is 19.3 Å². The van der Waals surface area contributed by atoms with Gasteiger partial charge in [-0.1, -0.05) is 45.8 Å². The lowest BCUT2D eigenvalue weighted by Crippen LogP contribution is -2.78. The number of ether oxygens (including phenoxy) is 3. The minimum Gasteiger partial charge on any atom is -0.542 e. The van der Waals surface area contributed by atoms with Crippen LogP contribution in [0.3, 0.4) is 0 Å². The summed E-state index contributed by atoms with van der Waals surface area (Å²) in [6.45, 7) is 11.9. The van der Waals surface area contributed by atoms with E-state index >= 15 is 0 Å². The predicted octanol–water partition coefficient (Wildman–Crippen LogP) is 1.28. The molecular formula is C43H67F6N5O9. The van der Waals surface area contributed by atoms with E-state index in [2.05, 4.69) is 49.8 Å². The third kappa shape index (κ3) is 12.8. The molecule has 0 radical (unpaired) electrons. The van der Waals surface area contributed by atoms with Gasteiger partial charge in [0, 0.05) is 38.1 Å². The fourth-order valence-corrected chi connectivity index (χ4v) is 11.6. The minimum absolute atomic E-state index is 0.00520. The van der Waals surface area contributed by atoms with E-state index in [1.165, 1.54) is 25.7 Å². The Morgan fingerprint density at radius 3 is 2.19 bits per heavy atom. The van der Waals surface area contributed by atoms with Gasteiger partial charge in [-0.15, -0.1) is 0 Å². The number of carboxylic acid groups (broad SMARTS) is 2. The zero-order valence-electron chi connectivity index (χ0n) is 36.8. The molecular weight excluding hydrogens is 844 g/mol. The third-order valence-corrected chi connectivity index (χ3v) is 14.9. The summed E-state index contributed by atoms with van der Waals surface area (Å²) in [4.78, 5) is 45.5. The number of halogens is 6. The molecule has 2 heterocycles. The zero-order chi connectivity index (χ0) is 47.1. The summed E-state index contributed by atoms with van der Waals surface area (Å²) in [5.74, 6) is -2.45. The highest BCUT2D eigenvalue weighted by Crippen LogP contribution is 2.70. The fourth-order valence-electron chi connectivity index (χ4n) is 11.6. The Hall–Kier alpha value is -3.65. The standard InChI is InChI=1S/C39H65N5O5.2C2HF3O2/c1-24-13-18-39(47-23-24)25(2)34-32(49-39)22-30-28-12-11-26-21-27(14-16-37(26,3)29(28)15-17-38(30,34)4)48-33(45)10-6-5-7-19-43-35(46)31(40)9-8-20-44-36(41)42;2*3-2(4,5)1(6)7/h11,24-25,27-32,34H,5-10,12-23,40H2,1-4H3,(H,43,46)(H4,41,42,44);2*(H,6,7)/t24-,25+,27+,28-,29+,30+,31+,32+,34+,37+,38+,39-;;/m1../s1. The van der Waals surface area contributed by atoms with Crippen LogP contribution in [0.5, 0.6) is 0 Å². The zero-order valence-corrected chi connectivity index (χ0v) is 36.8. The Labute approximate surface area is 364 Å². The van der Waals surface area contributed by atoms with Gasteiger partial charge in [-0.05, 0) is 105 Å². The van der Waals surface area contributed by atoms with Gasteiger partial charge in [-0.25, -0.2) is 0 Å². The second-order valence-electron chi connectivity index (χ2n) is 19.0. The number of fused-ring (bicyclic) bond motifs is 7. The van der Waals surface area contributed by atoms with Crippen molar-refractivity contribution in [2.75, 3.05) is 19.7 Å². The van der Waals surface area contributed by atoms with Gasteiger partial charge in [-0.3, -0.25) is 26.0 Å². The number of quaternary nitrogens is 1. The quantitative estimate of drug-likeness (QED) is 0.0466. The van der Waals surface area contributed by atoms with Crippen LogP contribution in [-0.2, 0) is 33.4 Å². The number of rotatable bonds is 12. The number of hydrogen-bond donors (Lipinski definition) is 5. The average molecular weight is 912 g/mol. The first-order valence-electron chi connectivity index (χ1n) is 22.2. The van der Waals surface area contributed by atoms with Gasteiger partial charge in [0.25, 0.3) is 5.91 Å². The van der Waals surface area contributed by atoms with Gasteiger partial charge >= 0.3 is 24.3 Å². The van der Waals surface area contributed by atoms with E-state index in [1.807, 2.05) is 0 Å². The van der Waals surface area contributed by atoms with E-state index in [0.717, 1.165) is 70.3 Å². The van der Waals surface area contributed by atoms with Gasteiger partial charge in [0.15, 0.2) is 11.8 Å². The first kappa shape index (κ1) is 52.0. The van der Waals surface area contributed by atoms with E-state index in [-0.39, 0.29) is 41.2 Å². The topological polar surface area (TPSA) is 248 Å². The number of hydrogen-bond acceptors (Lipinski definition) is 9. The second kappa shape index (κ2) is 21.1. The van der Waals surface area contributed by atoms with Crippen molar-refractivity contribution in [2.45, 2.75) is 160 Å². The first-order valence-corrected chi connectivity index (χ1v) is 22.2. The van der Waals surface area contributed by atoms with Crippen LogP contribution in [0, 0.1) is 46.3 Å². The summed E-state index contributed by atoms with van der Waals surface area (Å²) >= 11 is 0. The molecule has 2 saturated heterocycles. The summed E-state index contributed by atoms with van der Waals surface area (Å²) < 4.78 is 82.6. The molecule has 0 aromatic carbocycles. The molecule has 63 heavy (non-hydrogen) atoms. The Bertz CT molecular complexity index is 1640. The number of unbranched alkanes of at least 4 members (excludes halogenated alkanes) is 2. The van der Waals surface area contributed by atoms with Crippen molar-refractivity contribution >= 4 is 29.8 Å². The van der Waals surface area contributed by atoms with Crippen molar-refractivity contribution in [3.8, 4) is 0 Å². The molecule has 1 spiro atoms. The predicted molar refractivity (Wildman–Crippen MR) is 210 cm³/mol. The SMILES string of the molecule is C[C@@H]1CC[C@@]2(OC1)O[C@H]1C[C@H]3[C@@H]4CC=C5C[C@@H](OC(=O)CCCCCNC(=O)[C@@H]([NH3+])CCC[NH+]=C(N)N)CC[C@]5(C)[C@H]4CC[C@]3(C)[C@H]1[C@@H]2C.O=C([O-])C(F)(F)F.O=C([O-])C(F)(F)F. The number of nitrogens with two attached hydrogens (primary N) is 2. The molecule has 12 atom stereocenters. The molecule has 9 N–H and O–H groups in total. The molecule has 2 aliphatic heterocycles. The lowest BCUT2D eigenvalue weighted by atomic mass is 9.47. The Kier molecular flexibility index (Phi) is 17.4. The smallest absolute Gasteiger partial charge is 0.430 e. The van der Waals surface area contributed by atoms with Crippen molar-refractivity contribution in [1.29, 1.82) is 0 Å². The number of aliphatic carboxylic acids is 2. The number of nitrogens with one attached hydrogen (secondary N) is 2. The second-order valence-corrected chi connectivity index (χ2v) is 19.0.